The van der Waals surface area contributed by atoms with Crippen LogP contribution in [0.3, 0.4) is 0 Å². The molecule has 0 unspecified atom stereocenters. The predicted molar refractivity (Wildman–Crippen MR) is 89.3 cm³/mol. The van der Waals surface area contributed by atoms with Gasteiger partial charge >= 0.3 is 0 Å². The van der Waals surface area contributed by atoms with Crippen LogP contribution in [0, 0.1) is 10.1 Å². The SMILES string of the molecule is O=[N+]([O-])c1cccc(OC[C@@H](O)CNCCCN2CCOCC2)c1. The molecule has 1 aliphatic rings. The lowest BCUT2D eigenvalue weighted by Crippen LogP contribution is -2.38. The van der Waals surface area contributed by atoms with Gasteiger partial charge in [0, 0.05) is 25.7 Å². The van der Waals surface area contributed by atoms with Crippen molar-refractivity contribution in [2.45, 2.75) is 12.5 Å². The molecule has 2 N–H and O–H groups in total. The highest BCUT2D eigenvalue weighted by atomic mass is 16.6. The van der Waals surface area contributed by atoms with Crippen molar-refractivity contribution < 1.29 is 19.5 Å². The van der Waals surface area contributed by atoms with Crippen molar-refractivity contribution in [1.29, 1.82) is 0 Å². The number of ether oxygens (including phenoxy) is 2. The number of nitrogens with one attached hydrogen (secondary N) is 1. The smallest absolute Gasteiger partial charge is 0.273 e. The molecule has 1 atom stereocenters. The molecule has 1 saturated heterocycles. The van der Waals surface area contributed by atoms with E-state index >= 15 is 0 Å². The molecule has 0 bridgehead atoms. The van der Waals surface area contributed by atoms with Crippen LogP contribution in [0.2, 0.25) is 0 Å². The summed E-state index contributed by atoms with van der Waals surface area (Å²) < 4.78 is 10.7. The Labute approximate surface area is 141 Å². The lowest BCUT2D eigenvalue weighted by molar-refractivity contribution is -0.384. The molecular formula is C16H25N3O5. The Balaban J connectivity index is 1.55. The number of non-ortho nitro benzene ring substituents is 1. The number of hydrogen-bond donors (Lipinski definition) is 2. The van der Waals surface area contributed by atoms with Crippen molar-refractivity contribution >= 4 is 5.69 Å². The molecule has 0 saturated carbocycles. The zero-order valence-corrected chi connectivity index (χ0v) is 13.7. The van der Waals surface area contributed by atoms with Gasteiger partial charge in [0.2, 0.25) is 0 Å². The van der Waals surface area contributed by atoms with Gasteiger partial charge in [-0.1, -0.05) is 6.07 Å². The molecule has 0 amide bonds. The van der Waals surface area contributed by atoms with E-state index in [1.54, 1.807) is 12.1 Å². The van der Waals surface area contributed by atoms with Crippen LogP contribution in [0.1, 0.15) is 6.42 Å². The number of nitro benzene ring substituents is 1. The van der Waals surface area contributed by atoms with Crippen LogP contribution in [0.25, 0.3) is 0 Å². The summed E-state index contributed by atoms with van der Waals surface area (Å²) in [6.07, 6.45) is 0.353. The minimum atomic E-state index is -0.660. The third-order valence-corrected chi connectivity index (χ3v) is 3.78. The first kappa shape index (κ1) is 18.6. The van der Waals surface area contributed by atoms with Crippen molar-refractivity contribution in [2.75, 3.05) is 52.5 Å². The Kier molecular flexibility index (Phi) is 7.90. The highest BCUT2D eigenvalue weighted by molar-refractivity contribution is 5.37. The molecule has 1 aromatic rings. The molecule has 0 radical (unpaired) electrons. The maximum Gasteiger partial charge on any atom is 0.273 e. The van der Waals surface area contributed by atoms with Gasteiger partial charge in [0.05, 0.1) is 24.2 Å². The third kappa shape index (κ3) is 6.79. The molecule has 0 spiro atoms. The molecule has 134 valence electrons. The fourth-order valence-corrected chi connectivity index (χ4v) is 2.46. The standard InChI is InChI=1S/C16H25N3O5/c20-15(12-17-5-2-6-18-7-9-23-10-8-18)13-24-16-4-1-3-14(11-16)19(21)22/h1,3-4,11,15,17,20H,2,5-10,12-13H2/t15-/m0/s1. The number of hydrogen-bond acceptors (Lipinski definition) is 7. The van der Waals surface area contributed by atoms with E-state index in [2.05, 4.69) is 10.2 Å². The molecule has 0 aromatic heterocycles. The predicted octanol–water partition coefficient (Wildman–Crippen LogP) is 0.646. The van der Waals surface area contributed by atoms with E-state index in [0.717, 1.165) is 45.8 Å². The van der Waals surface area contributed by atoms with E-state index in [1.165, 1.54) is 12.1 Å². The summed E-state index contributed by atoms with van der Waals surface area (Å²) >= 11 is 0. The summed E-state index contributed by atoms with van der Waals surface area (Å²) in [4.78, 5) is 12.6. The van der Waals surface area contributed by atoms with Gasteiger partial charge in [-0.25, -0.2) is 0 Å². The Morgan fingerprint density at radius 1 is 1.42 bits per heavy atom. The number of nitro groups is 1. The maximum absolute atomic E-state index is 10.7. The van der Waals surface area contributed by atoms with Crippen LogP contribution in [-0.2, 0) is 4.74 Å². The first-order valence-corrected chi connectivity index (χ1v) is 8.21. The Bertz CT molecular complexity index is 508. The van der Waals surface area contributed by atoms with E-state index in [0.29, 0.717) is 12.3 Å². The number of nitrogens with zero attached hydrogens (tertiary/aromatic N) is 2. The molecule has 1 heterocycles. The van der Waals surface area contributed by atoms with Gasteiger partial charge in [-0.2, -0.15) is 0 Å². The van der Waals surface area contributed by atoms with Crippen LogP contribution >= 0.6 is 0 Å². The van der Waals surface area contributed by atoms with Gasteiger partial charge in [0.25, 0.3) is 5.69 Å². The van der Waals surface area contributed by atoms with E-state index in [9.17, 15) is 15.2 Å². The van der Waals surface area contributed by atoms with Crippen LogP contribution in [0.5, 0.6) is 5.75 Å². The molecule has 1 fully saturated rings. The minimum Gasteiger partial charge on any atom is -0.491 e. The summed E-state index contributed by atoms with van der Waals surface area (Å²) in [5.74, 6) is 0.385. The van der Waals surface area contributed by atoms with Gasteiger partial charge in [-0.15, -0.1) is 0 Å². The van der Waals surface area contributed by atoms with E-state index in [4.69, 9.17) is 9.47 Å². The highest BCUT2D eigenvalue weighted by Crippen LogP contribution is 2.19. The first-order valence-electron chi connectivity index (χ1n) is 8.21. The van der Waals surface area contributed by atoms with Gasteiger partial charge in [-0.05, 0) is 25.6 Å². The zero-order chi connectivity index (χ0) is 17.2. The van der Waals surface area contributed by atoms with Gasteiger partial charge in [0.1, 0.15) is 18.5 Å². The monoisotopic (exact) mass is 339 g/mol. The Morgan fingerprint density at radius 3 is 2.96 bits per heavy atom. The van der Waals surface area contributed by atoms with E-state index in [1.807, 2.05) is 0 Å². The summed E-state index contributed by atoms with van der Waals surface area (Å²) in [7, 11) is 0. The third-order valence-electron chi connectivity index (χ3n) is 3.78. The quantitative estimate of drug-likeness (QED) is 0.367. The average molecular weight is 339 g/mol. The van der Waals surface area contributed by atoms with Gasteiger partial charge in [0.15, 0.2) is 0 Å². The molecular weight excluding hydrogens is 314 g/mol. The lowest BCUT2D eigenvalue weighted by atomic mass is 10.3. The second kappa shape index (κ2) is 10.2. The lowest BCUT2D eigenvalue weighted by Gasteiger charge is -2.26. The second-order valence-electron chi connectivity index (χ2n) is 5.73. The van der Waals surface area contributed by atoms with E-state index in [-0.39, 0.29) is 12.3 Å². The normalized spacial score (nSPS) is 16.7. The fraction of sp³-hybridized carbons (Fsp3) is 0.625. The summed E-state index contributed by atoms with van der Waals surface area (Å²) in [5, 5.41) is 23.8. The minimum absolute atomic E-state index is 0.0248. The summed E-state index contributed by atoms with van der Waals surface area (Å²) in [5.41, 5.74) is -0.0248. The van der Waals surface area contributed by atoms with Crippen molar-refractivity contribution in [3.63, 3.8) is 0 Å². The Hall–Kier alpha value is -1.74. The van der Waals surface area contributed by atoms with Crippen molar-refractivity contribution in [3.05, 3.63) is 34.4 Å². The summed E-state index contributed by atoms with van der Waals surface area (Å²) in [6, 6.07) is 5.95. The van der Waals surface area contributed by atoms with Crippen molar-refractivity contribution in [2.24, 2.45) is 0 Å². The molecule has 2 rings (SSSR count). The van der Waals surface area contributed by atoms with E-state index < -0.39 is 11.0 Å². The summed E-state index contributed by atoms with van der Waals surface area (Å²) in [6.45, 7) is 5.96. The number of aliphatic hydroxyl groups is 1. The maximum atomic E-state index is 10.7. The molecule has 1 aromatic carbocycles. The van der Waals surface area contributed by atoms with Gasteiger partial charge < -0.3 is 19.9 Å². The van der Waals surface area contributed by atoms with Gasteiger partial charge in [-0.3, -0.25) is 15.0 Å². The van der Waals surface area contributed by atoms with Crippen LogP contribution in [0.4, 0.5) is 5.69 Å². The molecule has 0 aliphatic carbocycles. The number of morpholine rings is 1. The molecule has 8 nitrogen and oxygen atoms in total. The highest BCUT2D eigenvalue weighted by Gasteiger charge is 2.10. The second-order valence-corrected chi connectivity index (χ2v) is 5.73. The van der Waals surface area contributed by atoms with Crippen LogP contribution in [0.15, 0.2) is 24.3 Å². The largest absolute Gasteiger partial charge is 0.491 e. The molecule has 1 aliphatic heterocycles. The first-order chi connectivity index (χ1) is 11.6. The number of aliphatic hydroxyl groups excluding tert-OH is 1. The number of benzene rings is 1. The zero-order valence-electron chi connectivity index (χ0n) is 13.7. The van der Waals surface area contributed by atoms with Crippen LogP contribution in [-0.4, -0.2) is 73.6 Å². The number of rotatable bonds is 10. The molecule has 8 heteroatoms. The molecule has 24 heavy (non-hydrogen) atoms. The fourth-order valence-electron chi connectivity index (χ4n) is 2.46. The Morgan fingerprint density at radius 2 is 2.21 bits per heavy atom. The van der Waals surface area contributed by atoms with Crippen LogP contribution < -0.4 is 10.1 Å². The average Bonchev–Trinajstić information content (AvgIpc) is 2.61. The topological polar surface area (TPSA) is 97.1 Å². The van der Waals surface area contributed by atoms with Crippen molar-refractivity contribution in [1.82, 2.24) is 10.2 Å². The van der Waals surface area contributed by atoms with Crippen molar-refractivity contribution in [3.8, 4) is 5.75 Å².